The Bertz CT molecular complexity index is 1100. The van der Waals surface area contributed by atoms with E-state index >= 15 is 0 Å². The molecule has 3 aromatic rings. The minimum atomic E-state index is -3.28. The first-order valence-electron chi connectivity index (χ1n) is 8.61. The third kappa shape index (κ3) is 3.91. The summed E-state index contributed by atoms with van der Waals surface area (Å²) in [4.78, 5) is 14.1. The van der Waals surface area contributed by atoms with E-state index in [9.17, 15) is 13.2 Å². The lowest BCUT2D eigenvalue weighted by atomic mass is 10.1. The molecule has 0 aliphatic rings. The molecule has 0 aliphatic carbocycles. The third-order valence-corrected chi connectivity index (χ3v) is 5.44. The number of rotatable bonds is 5. The van der Waals surface area contributed by atoms with Crippen LogP contribution >= 0.6 is 0 Å². The Kier molecular flexibility index (Phi) is 5.24. The van der Waals surface area contributed by atoms with Gasteiger partial charge in [-0.1, -0.05) is 12.1 Å². The minimum Gasteiger partial charge on any atom is -0.388 e. The van der Waals surface area contributed by atoms with Crippen molar-refractivity contribution in [2.45, 2.75) is 4.90 Å². The fourth-order valence-electron chi connectivity index (χ4n) is 2.76. The van der Waals surface area contributed by atoms with Gasteiger partial charge in [-0.15, -0.1) is 0 Å². The summed E-state index contributed by atoms with van der Waals surface area (Å²) in [5, 5.41) is 7.55. The van der Waals surface area contributed by atoms with E-state index in [0.29, 0.717) is 11.4 Å². The Balaban J connectivity index is 2.13. The highest BCUT2D eigenvalue weighted by molar-refractivity contribution is 7.90. The van der Waals surface area contributed by atoms with E-state index in [0.717, 1.165) is 16.9 Å². The monoisotopic (exact) mass is 398 g/mol. The van der Waals surface area contributed by atoms with Gasteiger partial charge in [0, 0.05) is 38.6 Å². The van der Waals surface area contributed by atoms with Gasteiger partial charge in [0.05, 0.1) is 16.3 Å². The van der Waals surface area contributed by atoms with Crippen LogP contribution in [0.4, 0.5) is 5.69 Å². The summed E-state index contributed by atoms with van der Waals surface area (Å²) < 4.78 is 25.1. The van der Waals surface area contributed by atoms with Crippen LogP contribution in [0.5, 0.6) is 0 Å². The molecular weight excluding hydrogens is 376 g/mol. The standard InChI is InChI=1S/C20H22N4O3S/c1-21-15-7-9-16(10-8-15)24-19(13-18(22-24)20(25)23(2)3)14-5-11-17(12-6-14)28(4,26)27/h5-13,21H,1-4H3. The fraction of sp³-hybridized carbons (Fsp3) is 0.200. The maximum Gasteiger partial charge on any atom is 0.273 e. The number of hydrogen-bond acceptors (Lipinski definition) is 5. The number of carbonyl (C=O) groups excluding carboxylic acids is 1. The number of anilines is 1. The summed E-state index contributed by atoms with van der Waals surface area (Å²) in [7, 11) is 1.90. The molecule has 0 fully saturated rings. The van der Waals surface area contributed by atoms with E-state index in [1.807, 2.05) is 31.3 Å². The summed E-state index contributed by atoms with van der Waals surface area (Å²) in [5.74, 6) is -0.209. The molecule has 1 amide bonds. The van der Waals surface area contributed by atoms with Gasteiger partial charge in [-0.25, -0.2) is 13.1 Å². The van der Waals surface area contributed by atoms with Crippen LogP contribution in [0.15, 0.2) is 59.5 Å². The molecule has 8 heteroatoms. The number of sulfone groups is 1. The van der Waals surface area contributed by atoms with Gasteiger partial charge >= 0.3 is 0 Å². The Morgan fingerprint density at radius 2 is 1.64 bits per heavy atom. The van der Waals surface area contributed by atoms with Crippen molar-refractivity contribution in [2.24, 2.45) is 0 Å². The number of nitrogens with zero attached hydrogens (tertiary/aromatic N) is 3. The highest BCUT2D eigenvalue weighted by Gasteiger charge is 2.18. The number of hydrogen-bond donors (Lipinski definition) is 1. The van der Waals surface area contributed by atoms with Gasteiger partial charge in [0.25, 0.3) is 5.91 Å². The van der Waals surface area contributed by atoms with Crippen molar-refractivity contribution in [3.05, 3.63) is 60.3 Å². The van der Waals surface area contributed by atoms with Crippen LogP contribution in [0.2, 0.25) is 0 Å². The van der Waals surface area contributed by atoms with Crippen LogP contribution in [-0.4, -0.2) is 56.4 Å². The van der Waals surface area contributed by atoms with Gasteiger partial charge in [0.15, 0.2) is 15.5 Å². The van der Waals surface area contributed by atoms with E-state index < -0.39 is 9.84 Å². The average Bonchev–Trinajstić information content (AvgIpc) is 3.12. The van der Waals surface area contributed by atoms with Crippen LogP contribution in [0.1, 0.15) is 10.5 Å². The summed E-state index contributed by atoms with van der Waals surface area (Å²) in [5.41, 5.74) is 3.52. The molecular formula is C20H22N4O3S. The molecule has 1 heterocycles. The number of nitrogens with one attached hydrogen (secondary N) is 1. The maximum absolute atomic E-state index is 12.4. The molecule has 0 radical (unpaired) electrons. The molecule has 0 spiro atoms. The lowest BCUT2D eigenvalue weighted by molar-refractivity contribution is 0.0821. The van der Waals surface area contributed by atoms with Crippen molar-refractivity contribution in [2.75, 3.05) is 32.7 Å². The van der Waals surface area contributed by atoms with Crippen LogP contribution in [0, 0.1) is 0 Å². The fourth-order valence-corrected chi connectivity index (χ4v) is 3.39. The van der Waals surface area contributed by atoms with Crippen LogP contribution < -0.4 is 5.32 Å². The predicted octanol–water partition coefficient (Wildman–Crippen LogP) is 2.69. The Hall–Kier alpha value is -3.13. The van der Waals surface area contributed by atoms with Gasteiger partial charge in [-0.3, -0.25) is 4.79 Å². The van der Waals surface area contributed by atoms with Crippen molar-refractivity contribution in [1.29, 1.82) is 0 Å². The molecule has 0 saturated heterocycles. The van der Waals surface area contributed by atoms with E-state index in [1.54, 1.807) is 49.1 Å². The predicted molar refractivity (Wildman–Crippen MR) is 110 cm³/mol. The summed E-state index contributed by atoms with van der Waals surface area (Å²) >= 11 is 0. The SMILES string of the molecule is CNc1ccc(-n2nc(C(=O)N(C)C)cc2-c2ccc(S(C)(=O)=O)cc2)cc1. The second kappa shape index (κ2) is 7.47. The summed E-state index contributed by atoms with van der Waals surface area (Å²) in [6, 6.07) is 15.9. The first kappa shape index (κ1) is 19.6. The molecule has 0 saturated carbocycles. The van der Waals surface area contributed by atoms with Crippen LogP contribution in [-0.2, 0) is 9.84 Å². The maximum atomic E-state index is 12.4. The zero-order valence-electron chi connectivity index (χ0n) is 16.2. The van der Waals surface area contributed by atoms with Crippen LogP contribution in [0.3, 0.4) is 0 Å². The van der Waals surface area contributed by atoms with Crippen LogP contribution in [0.25, 0.3) is 16.9 Å². The zero-order valence-corrected chi connectivity index (χ0v) is 17.0. The normalized spacial score (nSPS) is 11.3. The third-order valence-electron chi connectivity index (χ3n) is 4.31. The molecule has 28 heavy (non-hydrogen) atoms. The number of benzene rings is 2. The second-order valence-corrected chi connectivity index (χ2v) is 8.64. The van der Waals surface area contributed by atoms with Crippen molar-refractivity contribution < 1.29 is 13.2 Å². The number of amides is 1. The van der Waals surface area contributed by atoms with Gasteiger partial charge in [0.2, 0.25) is 0 Å². The largest absolute Gasteiger partial charge is 0.388 e. The van der Waals surface area contributed by atoms with Gasteiger partial charge in [-0.2, -0.15) is 5.10 Å². The Labute approximate surface area is 164 Å². The Morgan fingerprint density at radius 1 is 1.04 bits per heavy atom. The minimum absolute atomic E-state index is 0.209. The van der Waals surface area contributed by atoms with Crippen molar-refractivity contribution in [1.82, 2.24) is 14.7 Å². The molecule has 2 aromatic carbocycles. The highest BCUT2D eigenvalue weighted by Crippen LogP contribution is 2.26. The molecule has 0 bridgehead atoms. The average molecular weight is 398 g/mol. The Morgan fingerprint density at radius 3 is 2.14 bits per heavy atom. The first-order chi connectivity index (χ1) is 13.2. The summed E-state index contributed by atoms with van der Waals surface area (Å²) in [6.45, 7) is 0. The van der Waals surface area contributed by atoms with E-state index in [2.05, 4.69) is 10.4 Å². The van der Waals surface area contributed by atoms with E-state index in [4.69, 9.17) is 0 Å². The van der Waals surface area contributed by atoms with E-state index in [1.165, 1.54) is 11.2 Å². The lowest BCUT2D eigenvalue weighted by Crippen LogP contribution is -2.22. The molecule has 0 atom stereocenters. The number of aromatic nitrogens is 2. The second-order valence-electron chi connectivity index (χ2n) is 6.62. The molecule has 0 unspecified atom stereocenters. The molecule has 146 valence electrons. The quantitative estimate of drug-likeness (QED) is 0.714. The topological polar surface area (TPSA) is 84.3 Å². The highest BCUT2D eigenvalue weighted by atomic mass is 32.2. The van der Waals surface area contributed by atoms with Crippen molar-refractivity contribution >= 4 is 21.4 Å². The zero-order chi connectivity index (χ0) is 20.5. The molecule has 0 aliphatic heterocycles. The molecule has 1 aromatic heterocycles. The summed E-state index contributed by atoms with van der Waals surface area (Å²) in [6.07, 6.45) is 1.17. The van der Waals surface area contributed by atoms with Crippen molar-refractivity contribution in [3.63, 3.8) is 0 Å². The first-order valence-corrected chi connectivity index (χ1v) is 10.5. The molecule has 3 rings (SSSR count). The van der Waals surface area contributed by atoms with Gasteiger partial charge in [0.1, 0.15) is 0 Å². The lowest BCUT2D eigenvalue weighted by Gasteiger charge is -2.09. The van der Waals surface area contributed by atoms with Gasteiger partial charge < -0.3 is 10.2 Å². The van der Waals surface area contributed by atoms with E-state index in [-0.39, 0.29) is 10.8 Å². The van der Waals surface area contributed by atoms with Crippen molar-refractivity contribution in [3.8, 4) is 16.9 Å². The smallest absolute Gasteiger partial charge is 0.273 e. The van der Waals surface area contributed by atoms with Gasteiger partial charge in [-0.05, 0) is 42.5 Å². The number of carbonyl (C=O) groups is 1. The molecule has 1 N–H and O–H groups in total. The molecule has 7 nitrogen and oxygen atoms in total.